The number of benzene rings is 2. The summed E-state index contributed by atoms with van der Waals surface area (Å²) in [5.41, 5.74) is 1.97. The van der Waals surface area contributed by atoms with E-state index < -0.39 is 0 Å². The summed E-state index contributed by atoms with van der Waals surface area (Å²) >= 11 is 2.18. The first-order chi connectivity index (χ1) is 11.1. The van der Waals surface area contributed by atoms with Crippen LogP contribution in [-0.4, -0.2) is 29.8 Å². The molecule has 0 atom stereocenters. The van der Waals surface area contributed by atoms with Crippen LogP contribution in [0, 0.1) is 3.57 Å². The molecule has 5 heteroatoms. The first-order valence-electron chi connectivity index (χ1n) is 7.60. The minimum Gasteiger partial charge on any atom is -0.339 e. The number of nitrogens with one attached hydrogen (secondary N) is 1. The largest absolute Gasteiger partial charge is 0.339 e. The van der Waals surface area contributed by atoms with Crippen molar-refractivity contribution in [1.29, 1.82) is 0 Å². The van der Waals surface area contributed by atoms with Gasteiger partial charge in [-0.05, 0) is 77.9 Å². The van der Waals surface area contributed by atoms with Crippen LogP contribution in [0.3, 0.4) is 0 Å². The van der Waals surface area contributed by atoms with Gasteiger partial charge >= 0.3 is 0 Å². The summed E-state index contributed by atoms with van der Waals surface area (Å²) in [4.78, 5) is 26.4. The van der Waals surface area contributed by atoms with Crippen molar-refractivity contribution < 1.29 is 9.59 Å². The van der Waals surface area contributed by atoms with E-state index in [0.717, 1.165) is 29.5 Å². The number of anilines is 1. The van der Waals surface area contributed by atoms with Crippen molar-refractivity contribution in [2.24, 2.45) is 0 Å². The van der Waals surface area contributed by atoms with E-state index in [-0.39, 0.29) is 11.8 Å². The molecule has 1 fully saturated rings. The molecule has 1 aliphatic rings. The molecule has 0 aromatic heterocycles. The summed E-state index contributed by atoms with van der Waals surface area (Å²) in [6, 6.07) is 14.5. The summed E-state index contributed by atoms with van der Waals surface area (Å²) in [7, 11) is 0. The third kappa shape index (κ3) is 3.90. The van der Waals surface area contributed by atoms with E-state index in [2.05, 4.69) is 27.9 Å². The van der Waals surface area contributed by atoms with Gasteiger partial charge in [-0.2, -0.15) is 0 Å². The highest BCUT2D eigenvalue weighted by Gasteiger charge is 2.19. The summed E-state index contributed by atoms with van der Waals surface area (Å²) in [5, 5.41) is 2.85. The molecule has 2 aromatic rings. The second-order valence-electron chi connectivity index (χ2n) is 5.54. The number of carbonyl (C=O) groups is 2. The maximum atomic E-state index is 12.3. The molecule has 1 aliphatic heterocycles. The number of halogens is 1. The lowest BCUT2D eigenvalue weighted by atomic mass is 10.1. The predicted molar refractivity (Wildman–Crippen MR) is 98.7 cm³/mol. The lowest BCUT2D eigenvalue weighted by Crippen LogP contribution is -2.27. The van der Waals surface area contributed by atoms with Crippen LogP contribution in [0.15, 0.2) is 48.5 Å². The molecule has 1 N–H and O–H groups in total. The normalized spacial score (nSPS) is 13.9. The lowest BCUT2D eigenvalue weighted by Gasteiger charge is -2.15. The fourth-order valence-corrected chi connectivity index (χ4v) is 3.18. The van der Waals surface area contributed by atoms with Gasteiger partial charge in [0.05, 0.1) is 0 Å². The van der Waals surface area contributed by atoms with Crippen LogP contribution in [0.25, 0.3) is 0 Å². The van der Waals surface area contributed by atoms with E-state index in [1.54, 1.807) is 30.3 Å². The fourth-order valence-electron chi connectivity index (χ4n) is 2.63. The Kier molecular flexibility index (Phi) is 4.95. The van der Waals surface area contributed by atoms with Crippen LogP contribution in [-0.2, 0) is 0 Å². The molecule has 23 heavy (non-hydrogen) atoms. The summed E-state index contributed by atoms with van der Waals surface area (Å²) in [6.07, 6.45) is 2.16. The molecule has 0 bridgehead atoms. The van der Waals surface area contributed by atoms with Gasteiger partial charge in [0, 0.05) is 33.5 Å². The second-order valence-corrected chi connectivity index (χ2v) is 6.79. The Labute approximate surface area is 149 Å². The highest BCUT2D eigenvalue weighted by Crippen LogP contribution is 2.16. The summed E-state index contributed by atoms with van der Waals surface area (Å²) in [6.45, 7) is 1.67. The van der Waals surface area contributed by atoms with Crippen LogP contribution >= 0.6 is 22.6 Å². The van der Waals surface area contributed by atoms with Crippen molar-refractivity contribution in [3.8, 4) is 0 Å². The van der Waals surface area contributed by atoms with Crippen molar-refractivity contribution in [1.82, 2.24) is 4.90 Å². The molecule has 1 heterocycles. The van der Waals surface area contributed by atoms with Crippen LogP contribution in [0.1, 0.15) is 33.6 Å². The molecule has 4 nitrogen and oxygen atoms in total. The van der Waals surface area contributed by atoms with E-state index in [9.17, 15) is 9.59 Å². The molecule has 2 amide bonds. The smallest absolute Gasteiger partial charge is 0.255 e. The van der Waals surface area contributed by atoms with E-state index in [0.29, 0.717) is 16.8 Å². The van der Waals surface area contributed by atoms with E-state index in [4.69, 9.17) is 0 Å². The topological polar surface area (TPSA) is 49.4 Å². The minimum absolute atomic E-state index is 0.0676. The van der Waals surface area contributed by atoms with Gasteiger partial charge in [0.1, 0.15) is 0 Å². The van der Waals surface area contributed by atoms with Crippen molar-refractivity contribution in [3.05, 3.63) is 63.2 Å². The maximum Gasteiger partial charge on any atom is 0.255 e. The van der Waals surface area contributed by atoms with E-state index in [1.807, 2.05) is 23.1 Å². The lowest BCUT2D eigenvalue weighted by molar-refractivity contribution is 0.0792. The minimum atomic E-state index is -0.151. The van der Waals surface area contributed by atoms with Crippen molar-refractivity contribution in [3.63, 3.8) is 0 Å². The first kappa shape index (κ1) is 16.0. The summed E-state index contributed by atoms with van der Waals surface area (Å²) in [5.74, 6) is -0.0832. The van der Waals surface area contributed by atoms with E-state index >= 15 is 0 Å². The summed E-state index contributed by atoms with van der Waals surface area (Å²) < 4.78 is 1.02. The Morgan fingerprint density at radius 2 is 1.65 bits per heavy atom. The van der Waals surface area contributed by atoms with Gasteiger partial charge in [0.15, 0.2) is 0 Å². The van der Waals surface area contributed by atoms with E-state index in [1.165, 1.54) is 0 Å². The van der Waals surface area contributed by atoms with Crippen molar-refractivity contribution in [2.45, 2.75) is 12.8 Å². The van der Waals surface area contributed by atoms with Crippen LogP contribution in [0.2, 0.25) is 0 Å². The number of amides is 2. The van der Waals surface area contributed by atoms with Gasteiger partial charge in [-0.25, -0.2) is 0 Å². The molecule has 3 rings (SSSR count). The highest BCUT2D eigenvalue weighted by molar-refractivity contribution is 14.1. The highest BCUT2D eigenvalue weighted by atomic mass is 127. The third-order valence-electron chi connectivity index (χ3n) is 3.87. The Balaban J connectivity index is 1.67. The Bertz CT molecular complexity index is 722. The van der Waals surface area contributed by atoms with Gasteiger partial charge < -0.3 is 10.2 Å². The van der Waals surface area contributed by atoms with Gasteiger partial charge in [0.25, 0.3) is 11.8 Å². The van der Waals surface area contributed by atoms with Crippen molar-refractivity contribution >= 4 is 40.1 Å². The molecule has 0 spiro atoms. The average Bonchev–Trinajstić information content (AvgIpc) is 3.09. The molecular weight excluding hydrogens is 403 g/mol. The zero-order valence-electron chi connectivity index (χ0n) is 12.6. The number of hydrogen-bond acceptors (Lipinski definition) is 2. The third-order valence-corrected chi connectivity index (χ3v) is 4.54. The number of hydrogen-bond donors (Lipinski definition) is 1. The van der Waals surface area contributed by atoms with Gasteiger partial charge in [-0.3, -0.25) is 9.59 Å². The number of likely N-dealkylation sites (tertiary alicyclic amines) is 1. The molecular formula is C18H17IN2O2. The molecule has 2 aromatic carbocycles. The van der Waals surface area contributed by atoms with Crippen LogP contribution < -0.4 is 5.32 Å². The second kappa shape index (κ2) is 7.12. The predicted octanol–water partition coefficient (Wildman–Crippen LogP) is 3.78. The monoisotopic (exact) mass is 420 g/mol. The van der Waals surface area contributed by atoms with Gasteiger partial charge in [-0.15, -0.1) is 0 Å². The molecule has 0 saturated carbocycles. The Morgan fingerprint density at radius 3 is 2.30 bits per heavy atom. The molecule has 0 aliphatic carbocycles. The molecule has 0 radical (unpaired) electrons. The number of rotatable bonds is 3. The SMILES string of the molecule is O=C(Nc1ccc(C(=O)N2CCCC2)cc1)c1cccc(I)c1. The Hall–Kier alpha value is -1.89. The fraction of sp³-hybridized carbons (Fsp3) is 0.222. The first-order valence-corrected chi connectivity index (χ1v) is 8.67. The molecule has 1 saturated heterocycles. The molecule has 118 valence electrons. The Morgan fingerprint density at radius 1 is 0.957 bits per heavy atom. The quantitative estimate of drug-likeness (QED) is 0.769. The zero-order chi connectivity index (χ0) is 16.2. The van der Waals surface area contributed by atoms with Gasteiger partial charge in [-0.1, -0.05) is 6.07 Å². The number of nitrogens with zero attached hydrogens (tertiary/aromatic N) is 1. The van der Waals surface area contributed by atoms with Crippen LogP contribution in [0.4, 0.5) is 5.69 Å². The maximum absolute atomic E-state index is 12.3. The standard InChI is InChI=1S/C18H17IN2O2/c19-15-5-3-4-14(12-15)17(22)20-16-8-6-13(7-9-16)18(23)21-10-1-2-11-21/h3-9,12H,1-2,10-11H2,(H,20,22). The molecule has 0 unspecified atom stereocenters. The zero-order valence-corrected chi connectivity index (χ0v) is 14.7. The van der Waals surface area contributed by atoms with Gasteiger partial charge in [0.2, 0.25) is 0 Å². The van der Waals surface area contributed by atoms with Crippen LogP contribution in [0.5, 0.6) is 0 Å². The average molecular weight is 420 g/mol. The van der Waals surface area contributed by atoms with Crippen molar-refractivity contribution in [2.75, 3.05) is 18.4 Å². The number of carbonyl (C=O) groups excluding carboxylic acids is 2.